The molecule has 4 rings (SSSR count). The number of nitrogens with zero attached hydrogens (tertiary/aromatic N) is 1. The fraction of sp³-hybridized carbons (Fsp3) is 0.513. The highest BCUT2D eigenvalue weighted by Gasteiger charge is 2.32. The van der Waals surface area contributed by atoms with E-state index >= 15 is 0 Å². The summed E-state index contributed by atoms with van der Waals surface area (Å²) in [4.78, 5) is 13.0. The number of carboxylic acid groups (broad SMARTS) is 1. The number of β-amino-alcohol motifs (C(OH)–C–C–N with tert-alkyl or cyclic N) is 1. The number of likely N-dealkylation sites (N-methyl/N-ethyl adjacent to an activating group) is 1. The Morgan fingerprint density at radius 2 is 1.53 bits per heavy atom. The Hall–Kier alpha value is -3.27. The first-order valence-electron chi connectivity index (χ1n) is 16.8. The summed E-state index contributed by atoms with van der Waals surface area (Å²) in [7, 11) is 2.20. The highest BCUT2D eigenvalue weighted by atomic mass is 16.4. The van der Waals surface area contributed by atoms with Crippen LogP contribution in [0.4, 0.5) is 0 Å². The monoisotopic (exact) mass is 649 g/mol. The predicted molar refractivity (Wildman–Crippen MR) is 191 cm³/mol. The van der Waals surface area contributed by atoms with E-state index in [9.17, 15) is 15.0 Å². The van der Waals surface area contributed by atoms with Crippen molar-refractivity contribution in [2.24, 2.45) is 11.1 Å². The van der Waals surface area contributed by atoms with Crippen LogP contribution >= 0.6 is 0 Å². The molecule has 0 aromatic heterocycles. The standard InChI is InChI=1S/C17H21N.C13H21NO3.C9H17NO2/c1-15(13-16-9-5-3-6-10-16)18(2)14-17-11-7-4-8-12-17;1-13(2,3)14-7-12(17)9-4-5-11(16)10(6-9)8-15;10-7-9(6-8(11)12)4-2-1-3-5-9/h3-12,15H,13-14H2,1-2H3;4-6,12,14-17H,7-8H2,1-3H3;1-7,10H2,(H,11,12)/t15-;;/m0../s1. The zero-order valence-electron chi connectivity index (χ0n) is 29.2. The summed E-state index contributed by atoms with van der Waals surface area (Å²) >= 11 is 0. The molecule has 0 amide bonds. The van der Waals surface area contributed by atoms with Gasteiger partial charge in [0.25, 0.3) is 0 Å². The highest BCUT2D eigenvalue weighted by Crippen LogP contribution is 2.38. The highest BCUT2D eigenvalue weighted by molar-refractivity contribution is 5.67. The lowest BCUT2D eigenvalue weighted by atomic mass is 9.72. The van der Waals surface area contributed by atoms with Gasteiger partial charge in [-0.3, -0.25) is 9.69 Å². The molecular formula is C39H59N3O5. The predicted octanol–water partition coefficient (Wildman–Crippen LogP) is 6.43. The summed E-state index contributed by atoms with van der Waals surface area (Å²) in [5.41, 5.74) is 9.38. The number of aliphatic hydroxyl groups is 2. The van der Waals surface area contributed by atoms with Crippen LogP contribution in [0.15, 0.2) is 78.9 Å². The first kappa shape index (κ1) is 39.9. The maximum atomic E-state index is 10.6. The maximum Gasteiger partial charge on any atom is 0.303 e. The number of hydrogen-bond donors (Lipinski definition) is 6. The maximum absolute atomic E-state index is 10.6. The number of rotatable bonds is 12. The lowest BCUT2D eigenvalue weighted by molar-refractivity contribution is -0.140. The molecule has 1 fully saturated rings. The molecule has 1 saturated carbocycles. The Bertz CT molecular complexity index is 1250. The smallest absolute Gasteiger partial charge is 0.303 e. The van der Waals surface area contributed by atoms with Gasteiger partial charge in [0.2, 0.25) is 0 Å². The molecule has 8 heteroatoms. The van der Waals surface area contributed by atoms with Crippen molar-refractivity contribution in [2.75, 3.05) is 20.1 Å². The van der Waals surface area contributed by atoms with Crippen LogP contribution in [-0.4, -0.2) is 63.0 Å². The van der Waals surface area contributed by atoms with Crippen molar-refractivity contribution in [1.29, 1.82) is 0 Å². The third kappa shape index (κ3) is 15.5. The fourth-order valence-corrected chi connectivity index (χ4v) is 5.67. The van der Waals surface area contributed by atoms with Gasteiger partial charge in [0.1, 0.15) is 5.75 Å². The Morgan fingerprint density at radius 3 is 2.04 bits per heavy atom. The second-order valence-electron chi connectivity index (χ2n) is 14.0. The lowest BCUT2D eigenvalue weighted by Gasteiger charge is -2.34. The summed E-state index contributed by atoms with van der Waals surface area (Å²) in [6.45, 7) is 10.1. The summed E-state index contributed by atoms with van der Waals surface area (Å²) in [6, 6.07) is 26.6. The number of aromatic hydroxyl groups is 1. The van der Waals surface area contributed by atoms with Crippen LogP contribution in [0.25, 0.3) is 0 Å². The number of benzene rings is 3. The molecule has 0 saturated heterocycles. The van der Waals surface area contributed by atoms with Crippen molar-refractivity contribution in [2.45, 2.75) is 103 Å². The van der Waals surface area contributed by atoms with E-state index in [-0.39, 0.29) is 29.7 Å². The summed E-state index contributed by atoms with van der Waals surface area (Å²) in [5.74, 6) is -0.658. The van der Waals surface area contributed by atoms with Gasteiger partial charge in [-0.05, 0) is 94.8 Å². The average molecular weight is 650 g/mol. The van der Waals surface area contributed by atoms with Crippen molar-refractivity contribution in [3.63, 3.8) is 0 Å². The van der Waals surface area contributed by atoms with Gasteiger partial charge >= 0.3 is 5.97 Å². The van der Waals surface area contributed by atoms with Gasteiger partial charge < -0.3 is 31.5 Å². The molecule has 1 unspecified atom stereocenters. The van der Waals surface area contributed by atoms with Crippen molar-refractivity contribution >= 4 is 5.97 Å². The molecular weight excluding hydrogens is 590 g/mol. The molecule has 3 aromatic carbocycles. The number of carbonyl (C=O) groups is 1. The molecule has 0 aliphatic heterocycles. The van der Waals surface area contributed by atoms with Crippen LogP contribution in [0.3, 0.4) is 0 Å². The second-order valence-corrected chi connectivity index (χ2v) is 14.0. The van der Waals surface area contributed by atoms with E-state index in [0.717, 1.165) is 38.6 Å². The molecule has 7 N–H and O–H groups in total. The Kier molecular flexibility index (Phi) is 17.1. The molecule has 0 bridgehead atoms. The summed E-state index contributed by atoms with van der Waals surface area (Å²) in [5, 5.41) is 40.3. The topological polar surface area (TPSA) is 139 Å². The number of carboxylic acids is 1. The van der Waals surface area contributed by atoms with Gasteiger partial charge in [-0.25, -0.2) is 0 Å². The van der Waals surface area contributed by atoms with E-state index in [1.165, 1.54) is 23.6 Å². The number of aliphatic carboxylic acids is 1. The van der Waals surface area contributed by atoms with Crippen LogP contribution in [0, 0.1) is 5.41 Å². The molecule has 2 atom stereocenters. The van der Waals surface area contributed by atoms with E-state index in [0.29, 0.717) is 30.3 Å². The number of nitrogens with one attached hydrogen (secondary N) is 1. The van der Waals surface area contributed by atoms with Gasteiger partial charge in [-0.2, -0.15) is 0 Å². The van der Waals surface area contributed by atoms with E-state index in [4.69, 9.17) is 15.9 Å². The van der Waals surface area contributed by atoms with Crippen molar-refractivity contribution in [3.8, 4) is 5.75 Å². The van der Waals surface area contributed by atoms with E-state index in [2.05, 4.69) is 84.9 Å². The minimum Gasteiger partial charge on any atom is -0.508 e. The third-order valence-electron chi connectivity index (χ3n) is 8.76. The van der Waals surface area contributed by atoms with Crippen molar-refractivity contribution < 1.29 is 25.2 Å². The molecule has 0 radical (unpaired) electrons. The number of phenols is 1. The average Bonchev–Trinajstić information content (AvgIpc) is 3.05. The fourth-order valence-electron chi connectivity index (χ4n) is 5.67. The van der Waals surface area contributed by atoms with Crippen LogP contribution < -0.4 is 11.1 Å². The normalized spacial score (nSPS) is 15.4. The number of nitrogens with two attached hydrogens (primary N) is 1. The van der Waals surface area contributed by atoms with Gasteiger partial charge in [0.05, 0.1) is 19.1 Å². The zero-order chi connectivity index (χ0) is 34.9. The zero-order valence-corrected chi connectivity index (χ0v) is 29.2. The van der Waals surface area contributed by atoms with Crippen molar-refractivity contribution in [3.05, 3.63) is 101 Å². The molecule has 47 heavy (non-hydrogen) atoms. The van der Waals surface area contributed by atoms with Crippen LogP contribution in [0.1, 0.15) is 94.6 Å². The number of aliphatic hydroxyl groups excluding tert-OH is 2. The number of hydrogen-bond acceptors (Lipinski definition) is 7. The Balaban J connectivity index is 0.000000250. The van der Waals surface area contributed by atoms with Gasteiger partial charge in [0.15, 0.2) is 0 Å². The molecule has 260 valence electrons. The quantitative estimate of drug-likeness (QED) is 0.132. The summed E-state index contributed by atoms with van der Waals surface area (Å²) in [6.07, 6.45) is 6.22. The lowest BCUT2D eigenvalue weighted by Crippen LogP contribution is -2.38. The third-order valence-corrected chi connectivity index (χ3v) is 8.76. The van der Waals surface area contributed by atoms with Gasteiger partial charge in [-0.15, -0.1) is 0 Å². The molecule has 3 aromatic rings. The minimum absolute atomic E-state index is 0.0484. The minimum atomic E-state index is -0.706. The largest absolute Gasteiger partial charge is 0.508 e. The Morgan fingerprint density at radius 1 is 0.957 bits per heavy atom. The van der Waals surface area contributed by atoms with E-state index in [1.807, 2.05) is 20.8 Å². The van der Waals surface area contributed by atoms with E-state index < -0.39 is 12.1 Å². The van der Waals surface area contributed by atoms with Crippen molar-refractivity contribution in [1.82, 2.24) is 10.2 Å². The second kappa shape index (κ2) is 20.2. The van der Waals surface area contributed by atoms with Crippen LogP contribution in [-0.2, 0) is 24.4 Å². The summed E-state index contributed by atoms with van der Waals surface area (Å²) < 4.78 is 0. The van der Waals surface area contributed by atoms with Gasteiger partial charge in [0, 0.05) is 30.2 Å². The van der Waals surface area contributed by atoms with E-state index in [1.54, 1.807) is 12.1 Å². The SMILES string of the molecule is CC(C)(C)NCC(O)c1ccc(O)c(CO)c1.C[C@@H](Cc1ccccc1)N(C)Cc1ccccc1.NCC1(CC(=O)O)CCCCC1. The first-order chi connectivity index (χ1) is 22.3. The first-order valence-corrected chi connectivity index (χ1v) is 16.8. The van der Waals surface area contributed by atoms with Gasteiger partial charge in [-0.1, -0.05) is 86.0 Å². The molecule has 1 aliphatic rings. The van der Waals surface area contributed by atoms with Crippen LogP contribution in [0.5, 0.6) is 5.75 Å². The Labute approximate surface area is 282 Å². The molecule has 8 nitrogen and oxygen atoms in total. The molecule has 0 heterocycles. The molecule has 0 spiro atoms. The van der Waals surface area contributed by atoms with Crippen LogP contribution in [0.2, 0.25) is 0 Å². The molecule has 1 aliphatic carbocycles.